The molecule has 0 radical (unpaired) electrons. The average Bonchev–Trinajstić information content (AvgIpc) is 3.16. The van der Waals surface area contributed by atoms with Crippen LogP contribution in [0.15, 0.2) is 18.2 Å². The minimum absolute atomic E-state index is 0.0266. The molecule has 3 atom stereocenters. The number of carbonyl (C=O) groups excluding carboxylic acids is 1. The van der Waals surface area contributed by atoms with Crippen LogP contribution in [0.2, 0.25) is 10.0 Å². The molecule has 7 heteroatoms. The van der Waals surface area contributed by atoms with Gasteiger partial charge in [-0.05, 0) is 54.2 Å². The summed E-state index contributed by atoms with van der Waals surface area (Å²) in [6.45, 7) is 6.86. The van der Waals surface area contributed by atoms with Gasteiger partial charge in [-0.3, -0.25) is 4.79 Å². The predicted molar refractivity (Wildman–Crippen MR) is 115 cm³/mol. The number of hydrogen-bond acceptors (Lipinski definition) is 2. The molecule has 2 aliphatic carbocycles. The molecule has 1 aromatic carbocycles. The van der Waals surface area contributed by atoms with Crippen molar-refractivity contribution in [3.8, 4) is 0 Å². The third kappa shape index (κ3) is 3.06. The highest BCUT2D eigenvalue weighted by atomic mass is 35.5. The summed E-state index contributed by atoms with van der Waals surface area (Å²) in [6, 6.07) is 3.29. The lowest BCUT2D eigenvalue weighted by atomic mass is 9.69. The SMILES string of the molecule is CC1(C)[C@H]2CC[C@@]1(C)[C@@H](NC(=O)/C=C/c1c(C(=O)O)[nH]c3cc(Cl)cc(Cl)c13)C2. The van der Waals surface area contributed by atoms with Gasteiger partial charge < -0.3 is 15.4 Å². The molecule has 0 saturated heterocycles. The van der Waals surface area contributed by atoms with E-state index in [-0.39, 0.29) is 28.5 Å². The molecular formula is C22H24Cl2N2O3. The van der Waals surface area contributed by atoms with Crippen molar-refractivity contribution in [3.05, 3.63) is 39.5 Å². The number of hydrogen-bond donors (Lipinski definition) is 3. The largest absolute Gasteiger partial charge is 0.477 e. The van der Waals surface area contributed by atoms with Crippen molar-refractivity contribution in [2.24, 2.45) is 16.7 Å². The lowest BCUT2D eigenvalue weighted by Gasteiger charge is -2.39. The van der Waals surface area contributed by atoms with Gasteiger partial charge in [0.05, 0.1) is 5.02 Å². The molecule has 3 N–H and O–H groups in total. The van der Waals surface area contributed by atoms with Crippen LogP contribution in [0.3, 0.4) is 0 Å². The maximum Gasteiger partial charge on any atom is 0.352 e. The normalized spacial score (nSPS) is 27.8. The summed E-state index contributed by atoms with van der Waals surface area (Å²) in [7, 11) is 0. The topological polar surface area (TPSA) is 82.2 Å². The van der Waals surface area contributed by atoms with E-state index in [1.54, 1.807) is 12.1 Å². The van der Waals surface area contributed by atoms with E-state index in [1.807, 2.05) is 0 Å². The Kier molecular flexibility index (Phi) is 4.74. The van der Waals surface area contributed by atoms with Gasteiger partial charge >= 0.3 is 5.97 Å². The molecule has 0 aliphatic heterocycles. The van der Waals surface area contributed by atoms with Crippen LogP contribution < -0.4 is 5.32 Å². The number of aromatic nitrogens is 1. The molecule has 2 bridgehead atoms. The Balaban J connectivity index is 1.61. The quantitative estimate of drug-likeness (QED) is 0.554. The average molecular weight is 435 g/mol. The molecular weight excluding hydrogens is 411 g/mol. The first-order valence-electron chi connectivity index (χ1n) is 9.77. The summed E-state index contributed by atoms with van der Waals surface area (Å²) in [5, 5.41) is 14.0. The molecule has 2 fully saturated rings. The number of carboxylic acid groups (broad SMARTS) is 1. The number of carbonyl (C=O) groups is 2. The fourth-order valence-corrected chi connectivity index (χ4v) is 6.00. The van der Waals surface area contributed by atoms with Crippen LogP contribution >= 0.6 is 23.2 Å². The second-order valence-corrected chi connectivity index (χ2v) is 9.88. The minimum Gasteiger partial charge on any atom is -0.477 e. The van der Waals surface area contributed by atoms with E-state index in [9.17, 15) is 14.7 Å². The summed E-state index contributed by atoms with van der Waals surface area (Å²) >= 11 is 12.3. The zero-order chi connectivity index (χ0) is 21.1. The van der Waals surface area contributed by atoms with E-state index in [4.69, 9.17) is 23.2 Å². The summed E-state index contributed by atoms with van der Waals surface area (Å²) < 4.78 is 0. The van der Waals surface area contributed by atoms with E-state index >= 15 is 0 Å². The number of benzene rings is 1. The van der Waals surface area contributed by atoms with Gasteiger partial charge in [0.15, 0.2) is 0 Å². The van der Waals surface area contributed by atoms with Crippen LogP contribution in [-0.2, 0) is 4.79 Å². The van der Waals surface area contributed by atoms with E-state index in [0.717, 1.165) is 12.8 Å². The maximum absolute atomic E-state index is 12.7. The molecule has 0 unspecified atom stereocenters. The first-order chi connectivity index (χ1) is 13.5. The molecule has 29 heavy (non-hydrogen) atoms. The monoisotopic (exact) mass is 434 g/mol. The fourth-order valence-electron chi connectivity index (χ4n) is 5.41. The highest BCUT2D eigenvalue weighted by Gasteiger charge is 2.61. The molecule has 1 heterocycles. The Labute approximate surface area is 179 Å². The second-order valence-electron chi connectivity index (χ2n) is 9.03. The van der Waals surface area contributed by atoms with Crippen molar-refractivity contribution >= 4 is 52.1 Å². The lowest BCUT2D eigenvalue weighted by molar-refractivity contribution is -0.118. The molecule has 5 nitrogen and oxygen atoms in total. The number of H-pyrrole nitrogens is 1. The summed E-state index contributed by atoms with van der Waals surface area (Å²) in [5.41, 5.74) is 1.13. The van der Waals surface area contributed by atoms with Crippen LogP contribution in [-0.4, -0.2) is 28.0 Å². The molecule has 2 aromatic rings. The summed E-state index contributed by atoms with van der Waals surface area (Å²) in [4.78, 5) is 27.2. The highest BCUT2D eigenvalue weighted by Crippen LogP contribution is 2.65. The Morgan fingerprint density at radius 1 is 1.28 bits per heavy atom. The first-order valence-corrected chi connectivity index (χ1v) is 10.5. The van der Waals surface area contributed by atoms with Gasteiger partial charge in [-0.2, -0.15) is 0 Å². The third-order valence-corrected chi connectivity index (χ3v) is 8.10. The highest BCUT2D eigenvalue weighted by molar-refractivity contribution is 6.39. The van der Waals surface area contributed by atoms with Gasteiger partial charge in [0.1, 0.15) is 5.69 Å². The van der Waals surface area contributed by atoms with Crippen LogP contribution in [0.1, 0.15) is 56.1 Å². The van der Waals surface area contributed by atoms with Gasteiger partial charge in [-0.15, -0.1) is 0 Å². The Hall–Kier alpha value is -1.98. The minimum atomic E-state index is -1.13. The van der Waals surface area contributed by atoms with Crippen molar-refractivity contribution in [1.29, 1.82) is 0 Å². The number of halogens is 2. The number of aromatic amines is 1. The van der Waals surface area contributed by atoms with E-state index < -0.39 is 5.97 Å². The first kappa shape index (κ1) is 20.3. The predicted octanol–water partition coefficient (Wildman–Crippen LogP) is 5.52. The summed E-state index contributed by atoms with van der Waals surface area (Å²) in [5.74, 6) is -0.733. The summed E-state index contributed by atoms with van der Waals surface area (Å²) in [6.07, 6.45) is 6.21. The van der Waals surface area contributed by atoms with Crippen molar-refractivity contribution in [2.75, 3.05) is 0 Å². The Morgan fingerprint density at radius 3 is 2.59 bits per heavy atom. The zero-order valence-corrected chi connectivity index (χ0v) is 18.1. The number of aromatic carboxylic acids is 1. The second kappa shape index (κ2) is 6.78. The lowest BCUT2D eigenvalue weighted by Crippen LogP contribution is -2.46. The number of fused-ring (bicyclic) bond motifs is 3. The number of rotatable bonds is 4. The smallest absolute Gasteiger partial charge is 0.352 e. The Bertz CT molecular complexity index is 1060. The van der Waals surface area contributed by atoms with E-state index in [0.29, 0.717) is 32.4 Å². The zero-order valence-electron chi connectivity index (χ0n) is 16.6. The number of nitrogens with one attached hydrogen (secondary N) is 2. The standard InChI is InChI=1S/C22H24Cl2N2O3/c1-21(2)11-6-7-22(21,3)16(8-11)26-17(27)5-4-13-18-14(24)9-12(23)10-15(18)25-19(13)20(28)29/h4-5,9-11,16,25H,6-8H2,1-3H3,(H,26,27)(H,28,29)/b5-4+/t11-,16-,22-/m0/s1. The van der Waals surface area contributed by atoms with Crippen LogP contribution in [0, 0.1) is 16.7 Å². The van der Waals surface area contributed by atoms with Crippen molar-refractivity contribution in [1.82, 2.24) is 10.3 Å². The van der Waals surface area contributed by atoms with Crippen LogP contribution in [0.25, 0.3) is 17.0 Å². The van der Waals surface area contributed by atoms with E-state index in [2.05, 4.69) is 31.1 Å². The van der Waals surface area contributed by atoms with Crippen molar-refractivity contribution in [2.45, 2.75) is 46.1 Å². The molecule has 154 valence electrons. The fraction of sp³-hybridized carbons (Fsp3) is 0.455. The third-order valence-electron chi connectivity index (χ3n) is 7.58. The van der Waals surface area contributed by atoms with Gasteiger partial charge in [0.25, 0.3) is 0 Å². The molecule has 1 aromatic heterocycles. The molecule has 2 aliphatic rings. The van der Waals surface area contributed by atoms with Gasteiger partial charge in [-0.25, -0.2) is 4.79 Å². The number of carboxylic acids is 1. The maximum atomic E-state index is 12.7. The van der Waals surface area contributed by atoms with E-state index in [1.165, 1.54) is 18.6 Å². The molecule has 1 amide bonds. The van der Waals surface area contributed by atoms with Crippen LogP contribution in [0.5, 0.6) is 0 Å². The molecule has 2 saturated carbocycles. The number of amides is 1. The molecule has 0 spiro atoms. The molecule has 4 rings (SSSR count). The van der Waals surface area contributed by atoms with Gasteiger partial charge in [0, 0.05) is 33.6 Å². The van der Waals surface area contributed by atoms with Crippen molar-refractivity contribution in [3.63, 3.8) is 0 Å². The van der Waals surface area contributed by atoms with Gasteiger partial charge in [-0.1, -0.05) is 44.0 Å². The van der Waals surface area contributed by atoms with Crippen LogP contribution in [0.4, 0.5) is 0 Å². The Morgan fingerprint density at radius 2 is 2.00 bits per heavy atom. The van der Waals surface area contributed by atoms with Gasteiger partial charge in [0.2, 0.25) is 5.91 Å². The van der Waals surface area contributed by atoms with Crippen molar-refractivity contribution < 1.29 is 14.7 Å².